The first kappa shape index (κ1) is 25.2. The largest absolute Gasteiger partial charge is 0.493 e. The van der Waals surface area contributed by atoms with Gasteiger partial charge in [0, 0.05) is 17.3 Å². The van der Waals surface area contributed by atoms with E-state index in [9.17, 15) is 0 Å². The summed E-state index contributed by atoms with van der Waals surface area (Å²) in [7, 11) is 0. The molecule has 2 rings (SSSR count). The maximum atomic E-state index is 6.27. The molecule has 3 nitrogen and oxygen atoms in total. The predicted octanol–water partition coefficient (Wildman–Crippen LogP) is 8.47. The molecule has 0 amide bonds. The normalized spacial score (nSPS) is 12.0. The Morgan fingerprint density at radius 2 is 1.42 bits per heavy atom. The molecule has 0 saturated heterocycles. The molecule has 1 aromatic carbocycles. The lowest BCUT2D eigenvalue weighted by Crippen LogP contribution is -2.09. The summed E-state index contributed by atoms with van der Waals surface area (Å²) < 4.78 is 12.4. The van der Waals surface area contributed by atoms with Crippen LogP contribution in [0.2, 0.25) is 0 Å². The van der Waals surface area contributed by atoms with Gasteiger partial charge in [-0.15, -0.1) is 0 Å². The van der Waals surface area contributed by atoms with Gasteiger partial charge in [0.2, 0.25) is 0 Å². The Labute approximate surface area is 190 Å². The summed E-state index contributed by atoms with van der Waals surface area (Å²) in [6.07, 6.45) is 17.7. The zero-order chi connectivity index (χ0) is 22.2. The van der Waals surface area contributed by atoms with Crippen molar-refractivity contribution in [1.82, 2.24) is 4.98 Å². The van der Waals surface area contributed by atoms with Crippen LogP contribution in [-0.2, 0) is 0 Å². The molecule has 0 bridgehead atoms. The smallest absolute Gasteiger partial charge is 0.145 e. The Hall–Kier alpha value is -2.03. The molecule has 3 heteroatoms. The Bertz CT molecular complexity index is 716. The highest BCUT2D eigenvalue weighted by Gasteiger charge is 2.13. The van der Waals surface area contributed by atoms with Gasteiger partial charge in [0.15, 0.2) is 0 Å². The Kier molecular flexibility index (Phi) is 12.8. The lowest BCUT2D eigenvalue weighted by Gasteiger charge is -2.17. The second kappa shape index (κ2) is 15.7. The van der Waals surface area contributed by atoms with Crippen LogP contribution in [0.3, 0.4) is 0 Å². The first-order valence-corrected chi connectivity index (χ1v) is 12.5. The quantitative estimate of drug-likeness (QED) is 0.238. The van der Waals surface area contributed by atoms with Crippen LogP contribution in [0.1, 0.15) is 91.4 Å². The lowest BCUT2D eigenvalue weighted by molar-refractivity contribution is 0.249. The molecule has 0 aliphatic rings. The van der Waals surface area contributed by atoms with Gasteiger partial charge in [0.1, 0.15) is 11.5 Å². The number of nitrogens with zero attached hydrogens (tertiary/aromatic N) is 1. The van der Waals surface area contributed by atoms with Gasteiger partial charge in [-0.2, -0.15) is 0 Å². The molecule has 1 atom stereocenters. The summed E-state index contributed by atoms with van der Waals surface area (Å²) in [5, 5.41) is 0. The Morgan fingerprint density at radius 3 is 2.23 bits per heavy atom. The highest BCUT2D eigenvalue weighted by atomic mass is 16.5. The number of aromatic nitrogens is 1. The van der Waals surface area contributed by atoms with Crippen molar-refractivity contribution < 1.29 is 9.47 Å². The fourth-order valence-corrected chi connectivity index (χ4v) is 3.83. The van der Waals surface area contributed by atoms with Gasteiger partial charge in [-0.1, -0.05) is 96.8 Å². The summed E-state index contributed by atoms with van der Waals surface area (Å²) in [5.41, 5.74) is 2.15. The van der Waals surface area contributed by atoms with Crippen molar-refractivity contribution in [2.24, 2.45) is 5.92 Å². The van der Waals surface area contributed by atoms with Gasteiger partial charge in [-0.25, -0.2) is 0 Å². The molecule has 172 valence electrons. The summed E-state index contributed by atoms with van der Waals surface area (Å²) in [6.45, 7) is 8.29. The minimum atomic E-state index is 0.561. The molecule has 0 radical (unpaired) electrons. The lowest BCUT2D eigenvalue weighted by atomic mass is 10.0. The third-order valence-corrected chi connectivity index (χ3v) is 5.79. The van der Waals surface area contributed by atoms with Crippen LogP contribution in [0.4, 0.5) is 0 Å². The maximum Gasteiger partial charge on any atom is 0.145 e. The number of para-hydroxylation sites is 1. The van der Waals surface area contributed by atoms with E-state index in [4.69, 9.17) is 9.47 Å². The van der Waals surface area contributed by atoms with Crippen molar-refractivity contribution in [3.05, 3.63) is 42.7 Å². The van der Waals surface area contributed by atoms with E-state index in [-0.39, 0.29) is 0 Å². The van der Waals surface area contributed by atoms with Gasteiger partial charge in [-0.05, 0) is 30.9 Å². The van der Waals surface area contributed by atoms with Crippen LogP contribution in [0.5, 0.6) is 11.5 Å². The standard InChI is InChI=1S/C28H43NO2/c1-4-6-8-10-11-15-21-30-28-22-29-20-19-26(28)25-17-13-14-18-27(25)31-23-24(3)16-12-9-7-5-2/h13-14,17-20,22,24H,4-12,15-16,21,23H2,1-3H3. The van der Waals surface area contributed by atoms with Gasteiger partial charge in [0.05, 0.1) is 19.4 Å². The van der Waals surface area contributed by atoms with Crippen LogP contribution < -0.4 is 9.47 Å². The van der Waals surface area contributed by atoms with E-state index in [1.807, 2.05) is 24.5 Å². The van der Waals surface area contributed by atoms with Crippen LogP contribution >= 0.6 is 0 Å². The minimum Gasteiger partial charge on any atom is -0.493 e. The summed E-state index contributed by atoms with van der Waals surface area (Å²) in [5.74, 6) is 2.34. The third-order valence-electron chi connectivity index (χ3n) is 5.79. The molecule has 0 spiro atoms. The monoisotopic (exact) mass is 425 g/mol. The molecule has 1 aromatic heterocycles. The van der Waals surface area contributed by atoms with E-state index in [1.54, 1.807) is 0 Å². The molecule has 0 saturated carbocycles. The summed E-state index contributed by atoms with van der Waals surface area (Å²) in [6, 6.07) is 10.3. The highest BCUT2D eigenvalue weighted by molar-refractivity contribution is 5.75. The van der Waals surface area contributed by atoms with E-state index in [0.717, 1.165) is 42.3 Å². The van der Waals surface area contributed by atoms with Crippen molar-refractivity contribution in [1.29, 1.82) is 0 Å². The molecule has 0 fully saturated rings. The maximum absolute atomic E-state index is 6.27. The zero-order valence-electron chi connectivity index (χ0n) is 20.1. The van der Waals surface area contributed by atoms with Crippen LogP contribution in [0.15, 0.2) is 42.7 Å². The van der Waals surface area contributed by atoms with E-state index >= 15 is 0 Å². The number of ether oxygens (including phenoxy) is 2. The van der Waals surface area contributed by atoms with Gasteiger partial charge in [0.25, 0.3) is 0 Å². The van der Waals surface area contributed by atoms with E-state index in [0.29, 0.717) is 5.92 Å². The first-order chi connectivity index (χ1) is 15.3. The second-order valence-electron chi connectivity index (χ2n) is 8.75. The number of rotatable bonds is 17. The predicted molar refractivity (Wildman–Crippen MR) is 132 cm³/mol. The van der Waals surface area contributed by atoms with Gasteiger partial charge in [-0.3, -0.25) is 4.98 Å². The average molecular weight is 426 g/mol. The molecule has 2 aromatic rings. The van der Waals surface area contributed by atoms with Crippen molar-refractivity contribution in [2.75, 3.05) is 13.2 Å². The SMILES string of the molecule is CCCCCCCCOc1cnccc1-c1ccccc1OCC(C)CCCCCC. The number of hydrogen-bond acceptors (Lipinski definition) is 3. The minimum absolute atomic E-state index is 0.561. The van der Waals surface area contributed by atoms with Crippen LogP contribution in [0.25, 0.3) is 11.1 Å². The molecular weight excluding hydrogens is 382 g/mol. The number of benzene rings is 1. The first-order valence-electron chi connectivity index (χ1n) is 12.5. The zero-order valence-corrected chi connectivity index (χ0v) is 20.1. The third kappa shape index (κ3) is 9.76. The fourth-order valence-electron chi connectivity index (χ4n) is 3.83. The number of hydrogen-bond donors (Lipinski definition) is 0. The van der Waals surface area contributed by atoms with Crippen LogP contribution in [0, 0.1) is 5.92 Å². The van der Waals surface area contributed by atoms with Gasteiger partial charge >= 0.3 is 0 Å². The molecule has 31 heavy (non-hydrogen) atoms. The van der Waals surface area contributed by atoms with Crippen molar-refractivity contribution in [3.63, 3.8) is 0 Å². The van der Waals surface area contributed by atoms with E-state index < -0.39 is 0 Å². The van der Waals surface area contributed by atoms with Crippen LogP contribution in [-0.4, -0.2) is 18.2 Å². The fraction of sp³-hybridized carbons (Fsp3) is 0.607. The molecule has 1 heterocycles. The van der Waals surface area contributed by atoms with Crippen molar-refractivity contribution in [2.45, 2.75) is 91.4 Å². The molecular formula is C28H43NO2. The summed E-state index contributed by atoms with van der Waals surface area (Å²) in [4.78, 5) is 4.30. The molecule has 0 aliphatic heterocycles. The Balaban J connectivity index is 1.92. The van der Waals surface area contributed by atoms with Crippen molar-refractivity contribution >= 4 is 0 Å². The van der Waals surface area contributed by atoms with Gasteiger partial charge < -0.3 is 9.47 Å². The molecule has 1 unspecified atom stereocenters. The Morgan fingerprint density at radius 1 is 0.742 bits per heavy atom. The van der Waals surface area contributed by atoms with E-state index in [1.165, 1.54) is 64.2 Å². The number of pyridine rings is 1. The number of unbranched alkanes of at least 4 members (excludes halogenated alkanes) is 8. The second-order valence-corrected chi connectivity index (χ2v) is 8.75. The molecule has 0 aliphatic carbocycles. The summed E-state index contributed by atoms with van der Waals surface area (Å²) >= 11 is 0. The topological polar surface area (TPSA) is 31.4 Å². The average Bonchev–Trinajstić information content (AvgIpc) is 2.80. The highest BCUT2D eigenvalue weighted by Crippen LogP contribution is 2.36. The van der Waals surface area contributed by atoms with E-state index in [2.05, 4.69) is 44.0 Å². The molecule has 0 N–H and O–H groups in total. The van der Waals surface area contributed by atoms with Crippen molar-refractivity contribution in [3.8, 4) is 22.6 Å².